The largest absolute Gasteiger partial charge is 0.496 e. The standard InChI is InChI=1S/C20H23ClN2O3/c1-12-9-22-17(13(2)19(12)25-4)10-23(3)20(24)15-7-14-8-16(21)5-6-18(14)26-11-15/h5-6,8-9,15H,7,10-11H2,1-4H3. The minimum Gasteiger partial charge on any atom is -0.496 e. The van der Waals surface area contributed by atoms with E-state index in [0.717, 1.165) is 33.9 Å². The Balaban J connectivity index is 1.73. The molecule has 6 heteroatoms. The third kappa shape index (κ3) is 3.63. The Morgan fingerprint density at radius 3 is 2.92 bits per heavy atom. The van der Waals surface area contributed by atoms with Crippen molar-refractivity contribution in [3.05, 3.63) is 51.8 Å². The Morgan fingerprint density at radius 1 is 1.42 bits per heavy atom. The summed E-state index contributed by atoms with van der Waals surface area (Å²) in [4.78, 5) is 19.1. The van der Waals surface area contributed by atoms with Crippen LogP contribution in [0.5, 0.6) is 11.5 Å². The van der Waals surface area contributed by atoms with Crippen molar-refractivity contribution in [3.8, 4) is 11.5 Å². The number of methoxy groups -OCH3 is 1. The van der Waals surface area contributed by atoms with Gasteiger partial charge in [0.2, 0.25) is 5.91 Å². The summed E-state index contributed by atoms with van der Waals surface area (Å²) in [6, 6.07) is 5.52. The average Bonchev–Trinajstić information content (AvgIpc) is 2.63. The van der Waals surface area contributed by atoms with Crippen molar-refractivity contribution in [3.63, 3.8) is 0 Å². The van der Waals surface area contributed by atoms with Crippen molar-refractivity contribution >= 4 is 17.5 Å². The van der Waals surface area contributed by atoms with Crippen LogP contribution in [0.2, 0.25) is 5.02 Å². The van der Waals surface area contributed by atoms with Gasteiger partial charge in [0.15, 0.2) is 0 Å². The minimum absolute atomic E-state index is 0.0383. The first kappa shape index (κ1) is 18.5. The molecule has 0 bridgehead atoms. The predicted molar refractivity (Wildman–Crippen MR) is 101 cm³/mol. The molecule has 5 nitrogen and oxygen atoms in total. The van der Waals surface area contributed by atoms with Crippen LogP contribution in [0.3, 0.4) is 0 Å². The molecule has 2 heterocycles. The van der Waals surface area contributed by atoms with Crippen molar-refractivity contribution in [1.82, 2.24) is 9.88 Å². The van der Waals surface area contributed by atoms with Crippen molar-refractivity contribution in [2.45, 2.75) is 26.8 Å². The van der Waals surface area contributed by atoms with E-state index >= 15 is 0 Å². The maximum atomic E-state index is 12.9. The number of hydrogen-bond donors (Lipinski definition) is 0. The number of ether oxygens (including phenoxy) is 2. The zero-order valence-corrected chi connectivity index (χ0v) is 16.3. The summed E-state index contributed by atoms with van der Waals surface area (Å²) in [5, 5.41) is 0.653. The number of rotatable bonds is 4. The van der Waals surface area contributed by atoms with Gasteiger partial charge in [0, 0.05) is 29.4 Å². The molecule has 3 rings (SSSR count). The van der Waals surface area contributed by atoms with Crippen LogP contribution in [0.25, 0.3) is 0 Å². The second kappa shape index (κ2) is 7.54. The number of amides is 1. The predicted octanol–water partition coefficient (Wildman–Crippen LogP) is 3.57. The highest BCUT2D eigenvalue weighted by atomic mass is 35.5. The number of benzene rings is 1. The van der Waals surface area contributed by atoms with E-state index in [1.54, 1.807) is 31.3 Å². The third-order valence-corrected chi connectivity index (χ3v) is 5.03. The molecule has 0 saturated heterocycles. The zero-order chi connectivity index (χ0) is 18.8. The number of aryl methyl sites for hydroxylation is 1. The molecule has 0 fully saturated rings. The molecule has 1 unspecified atom stereocenters. The average molecular weight is 375 g/mol. The first-order valence-electron chi connectivity index (χ1n) is 8.56. The van der Waals surface area contributed by atoms with Crippen LogP contribution in [-0.4, -0.2) is 36.6 Å². The van der Waals surface area contributed by atoms with Gasteiger partial charge >= 0.3 is 0 Å². The summed E-state index contributed by atoms with van der Waals surface area (Å²) < 4.78 is 11.2. The molecular formula is C20H23ClN2O3. The summed E-state index contributed by atoms with van der Waals surface area (Å²) in [6.45, 7) is 4.73. The molecular weight excluding hydrogens is 352 g/mol. The van der Waals surface area contributed by atoms with E-state index < -0.39 is 0 Å². The molecule has 1 atom stereocenters. The van der Waals surface area contributed by atoms with Crippen molar-refractivity contribution < 1.29 is 14.3 Å². The fourth-order valence-corrected chi connectivity index (χ4v) is 3.56. The highest BCUT2D eigenvalue weighted by Crippen LogP contribution is 2.31. The second-order valence-electron chi connectivity index (χ2n) is 6.70. The van der Waals surface area contributed by atoms with Crippen LogP contribution in [0.4, 0.5) is 0 Å². The maximum absolute atomic E-state index is 12.9. The molecule has 1 amide bonds. The Morgan fingerprint density at radius 2 is 2.19 bits per heavy atom. The first-order chi connectivity index (χ1) is 12.4. The van der Waals surface area contributed by atoms with E-state index in [4.69, 9.17) is 21.1 Å². The van der Waals surface area contributed by atoms with Gasteiger partial charge in [-0.1, -0.05) is 11.6 Å². The smallest absolute Gasteiger partial charge is 0.229 e. The minimum atomic E-state index is -0.224. The number of aromatic nitrogens is 1. The fraction of sp³-hybridized carbons (Fsp3) is 0.400. The van der Waals surface area contributed by atoms with Crippen LogP contribution in [-0.2, 0) is 17.8 Å². The molecule has 2 aromatic rings. The van der Waals surface area contributed by atoms with Crippen LogP contribution in [0.15, 0.2) is 24.4 Å². The molecule has 1 aliphatic heterocycles. The molecule has 138 valence electrons. The topological polar surface area (TPSA) is 51.7 Å². The number of pyridine rings is 1. The third-order valence-electron chi connectivity index (χ3n) is 4.79. The van der Waals surface area contributed by atoms with E-state index in [2.05, 4.69) is 4.98 Å². The van der Waals surface area contributed by atoms with Crippen LogP contribution in [0.1, 0.15) is 22.4 Å². The van der Waals surface area contributed by atoms with Gasteiger partial charge in [0.05, 0.1) is 25.3 Å². The molecule has 1 aromatic heterocycles. The lowest BCUT2D eigenvalue weighted by atomic mass is 9.95. The summed E-state index contributed by atoms with van der Waals surface area (Å²) in [5.74, 6) is 1.44. The number of carbonyl (C=O) groups is 1. The van der Waals surface area contributed by atoms with Gasteiger partial charge in [-0.25, -0.2) is 0 Å². The van der Waals surface area contributed by atoms with Crippen molar-refractivity contribution in [2.24, 2.45) is 5.92 Å². The lowest BCUT2D eigenvalue weighted by Crippen LogP contribution is -2.38. The normalized spacial score (nSPS) is 15.8. The number of hydrogen-bond acceptors (Lipinski definition) is 4. The molecule has 0 N–H and O–H groups in total. The number of carbonyl (C=O) groups excluding carboxylic acids is 1. The van der Waals surface area contributed by atoms with E-state index in [-0.39, 0.29) is 11.8 Å². The second-order valence-corrected chi connectivity index (χ2v) is 7.14. The number of fused-ring (bicyclic) bond motifs is 1. The molecule has 0 radical (unpaired) electrons. The van der Waals surface area contributed by atoms with Gasteiger partial charge in [-0.15, -0.1) is 0 Å². The van der Waals surface area contributed by atoms with E-state index in [1.807, 2.05) is 26.0 Å². The van der Waals surface area contributed by atoms with E-state index in [1.165, 1.54) is 0 Å². The van der Waals surface area contributed by atoms with Crippen molar-refractivity contribution in [1.29, 1.82) is 0 Å². The quantitative estimate of drug-likeness (QED) is 0.821. The van der Waals surface area contributed by atoms with Crippen LogP contribution < -0.4 is 9.47 Å². The lowest BCUT2D eigenvalue weighted by Gasteiger charge is -2.28. The SMILES string of the molecule is COc1c(C)cnc(CN(C)C(=O)C2COc3ccc(Cl)cc3C2)c1C. The highest BCUT2D eigenvalue weighted by molar-refractivity contribution is 6.30. The molecule has 1 aromatic carbocycles. The summed E-state index contributed by atoms with van der Waals surface area (Å²) in [7, 11) is 3.44. The van der Waals surface area contributed by atoms with Crippen LogP contribution >= 0.6 is 11.6 Å². The van der Waals surface area contributed by atoms with Crippen molar-refractivity contribution in [2.75, 3.05) is 20.8 Å². The summed E-state index contributed by atoms with van der Waals surface area (Å²) in [5.41, 5.74) is 3.76. The molecule has 0 saturated carbocycles. The Kier molecular flexibility index (Phi) is 5.37. The fourth-order valence-electron chi connectivity index (χ4n) is 3.37. The number of nitrogens with zero attached hydrogens (tertiary/aromatic N) is 2. The lowest BCUT2D eigenvalue weighted by molar-refractivity contribution is -0.136. The van der Waals surface area contributed by atoms with Gasteiger partial charge < -0.3 is 14.4 Å². The molecule has 0 aliphatic carbocycles. The number of halogens is 1. The van der Waals surface area contributed by atoms with E-state index in [0.29, 0.717) is 24.6 Å². The first-order valence-corrected chi connectivity index (χ1v) is 8.93. The Labute approximate surface area is 158 Å². The summed E-state index contributed by atoms with van der Waals surface area (Å²) >= 11 is 6.06. The Hall–Kier alpha value is -2.27. The monoisotopic (exact) mass is 374 g/mol. The van der Waals surface area contributed by atoms with E-state index in [9.17, 15) is 4.79 Å². The van der Waals surface area contributed by atoms with Gasteiger partial charge in [0.25, 0.3) is 0 Å². The van der Waals surface area contributed by atoms with Gasteiger partial charge in [0.1, 0.15) is 18.1 Å². The molecule has 1 aliphatic rings. The van der Waals surface area contributed by atoms with Gasteiger partial charge in [-0.05, 0) is 44.0 Å². The highest BCUT2D eigenvalue weighted by Gasteiger charge is 2.29. The summed E-state index contributed by atoms with van der Waals surface area (Å²) in [6.07, 6.45) is 2.41. The van der Waals surface area contributed by atoms with Crippen LogP contribution in [0, 0.1) is 19.8 Å². The molecule has 0 spiro atoms. The zero-order valence-electron chi connectivity index (χ0n) is 15.5. The molecule has 26 heavy (non-hydrogen) atoms. The van der Waals surface area contributed by atoms with Gasteiger partial charge in [-0.2, -0.15) is 0 Å². The maximum Gasteiger partial charge on any atom is 0.229 e. The van der Waals surface area contributed by atoms with Gasteiger partial charge in [-0.3, -0.25) is 9.78 Å². The Bertz CT molecular complexity index is 838.